The molecule has 0 aromatic carbocycles. The van der Waals surface area contributed by atoms with Crippen LogP contribution < -0.4 is 0 Å². The average Bonchev–Trinajstić information content (AvgIpc) is 1.74. The molecule has 19 heteroatoms. The number of rotatable bonds is 76. The first kappa shape index (κ1) is 94.1. The second-order valence-corrected chi connectivity index (χ2v) is 31.4. The van der Waals surface area contributed by atoms with Gasteiger partial charge in [0.05, 0.1) is 26.4 Å². The second kappa shape index (κ2) is 68.8. The minimum absolute atomic E-state index is 0.107. The van der Waals surface area contributed by atoms with Crippen molar-refractivity contribution in [3.05, 3.63) is 0 Å². The van der Waals surface area contributed by atoms with Crippen molar-refractivity contribution < 1.29 is 80.2 Å². The molecule has 96 heavy (non-hydrogen) atoms. The average molecular weight is 1410 g/mol. The normalized spacial score (nSPS) is 14.3. The van der Waals surface area contributed by atoms with Crippen molar-refractivity contribution in [2.24, 2.45) is 11.8 Å². The fraction of sp³-hybridized carbons (Fsp3) is 0.948. The molecule has 0 aromatic heterocycles. The summed E-state index contributed by atoms with van der Waals surface area (Å²) in [6, 6.07) is 0. The first-order valence-electron chi connectivity index (χ1n) is 40.0. The van der Waals surface area contributed by atoms with Gasteiger partial charge in [-0.3, -0.25) is 37.3 Å². The van der Waals surface area contributed by atoms with E-state index in [2.05, 4.69) is 41.5 Å². The molecule has 0 aliphatic carbocycles. The van der Waals surface area contributed by atoms with Gasteiger partial charge in [0.1, 0.15) is 19.3 Å². The number of esters is 4. The van der Waals surface area contributed by atoms with Crippen LogP contribution in [0, 0.1) is 11.8 Å². The molecule has 0 rings (SSSR count). The Bertz CT molecular complexity index is 1860. The summed E-state index contributed by atoms with van der Waals surface area (Å²) in [6.45, 7) is 9.65. The van der Waals surface area contributed by atoms with Crippen LogP contribution in [0.1, 0.15) is 401 Å². The number of hydrogen-bond donors (Lipinski definition) is 3. The maximum absolute atomic E-state index is 13.1. The van der Waals surface area contributed by atoms with E-state index in [4.69, 9.17) is 37.0 Å². The van der Waals surface area contributed by atoms with Crippen LogP contribution in [0.3, 0.4) is 0 Å². The molecule has 0 saturated heterocycles. The highest BCUT2D eigenvalue weighted by Gasteiger charge is 2.30. The molecular weight excluding hydrogens is 1260 g/mol. The van der Waals surface area contributed by atoms with Crippen LogP contribution >= 0.6 is 15.6 Å². The van der Waals surface area contributed by atoms with Gasteiger partial charge >= 0.3 is 39.5 Å². The van der Waals surface area contributed by atoms with E-state index in [-0.39, 0.29) is 25.7 Å². The van der Waals surface area contributed by atoms with Crippen LogP contribution in [-0.2, 0) is 65.4 Å². The monoisotopic (exact) mass is 1410 g/mol. The zero-order valence-electron chi connectivity index (χ0n) is 62.7. The van der Waals surface area contributed by atoms with Crippen LogP contribution in [-0.4, -0.2) is 96.7 Å². The molecule has 0 saturated carbocycles. The van der Waals surface area contributed by atoms with E-state index >= 15 is 0 Å². The molecule has 0 bridgehead atoms. The molecule has 0 spiro atoms. The van der Waals surface area contributed by atoms with Crippen LogP contribution in [0.5, 0.6) is 0 Å². The molecule has 6 atom stereocenters. The number of phosphoric acid groups is 2. The van der Waals surface area contributed by atoms with E-state index in [0.717, 1.165) is 108 Å². The van der Waals surface area contributed by atoms with Crippen LogP contribution in [0.15, 0.2) is 0 Å². The molecule has 3 N–H and O–H groups in total. The Hall–Kier alpha value is -1.94. The van der Waals surface area contributed by atoms with Crippen molar-refractivity contribution in [3.8, 4) is 0 Å². The molecular formula is C77H150O17P2. The zero-order chi connectivity index (χ0) is 70.7. The molecule has 0 aliphatic rings. The van der Waals surface area contributed by atoms with Crippen LogP contribution in [0.25, 0.3) is 0 Å². The summed E-state index contributed by atoms with van der Waals surface area (Å²) in [5.74, 6) is -0.474. The Morgan fingerprint density at radius 1 is 0.302 bits per heavy atom. The van der Waals surface area contributed by atoms with Crippen molar-refractivity contribution in [2.75, 3.05) is 39.6 Å². The maximum Gasteiger partial charge on any atom is 0.472 e. The smallest absolute Gasteiger partial charge is 0.462 e. The van der Waals surface area contributed by atoms with Gasteiger partial charge in [0.25, 0.3) is 0 Å². The lowest BCUT2D eigenvalue weighted by Gasteiger charge is -2.21. The van der Waals surface area contributed by atoms with Gasteiger partial charge in [0, 0.05) is 25.7 Å². The number of aliphatic hydroxyl groups excluding tert-OH is 1. The Kier molecular flexibility index (Phi) is 67.4. The van der Waals surface area contributed by atoms with Gasteiger partial charge in [0.2, 0.25) is 0 Å². The number of unbranched alkanes of at least 4 members (excludes halogenated alkanes) is 45. The Balaban J connectivity index is 5.17. The van der Waals surface area contributed by atoms with E-state index in [1.165, 1.54) is 212 Å². The number of aliphatic hydroxyl groups is 1. The number of ether oxygens (including phenoxy) is 4. The number of phosphoric ester groups is 2. The summed E-state index contributed by atoms with van der Waals surface area (Å²) in [5.41, 5.74) is 0. The van der Waals surface area contributed by atoms with Crippen molar-refractivity contribution in [1.82, 2.24) is 0 Å². The standard InChI is InChI=1S/C77H150O17P2/c1-7-10-12-14-16-18-19-31-37-43-49-55-61-76(81)93-72(65-87-74(79)59-53-47-41-17-15-13-11-8-2)67-91-95(83,84)89-63-71(78)64-90-96(85,86)92-68-73(66-88-75(80)60-54-48-42-36-33-28-29-34-39-45-51-57-69(4)5)94-77(82)62-56-50-44-38-32-27-25-23-21-20-22-24-26-30-35-40-46-52-58-70(6)9-3/h69-73,78H,7-68H2,1-6H3,(H,83,84)(H,85,86)/t70?,71-,72+,73+/m0/s1. The van der Waals surface area contributed by atoms with Gasteiger partial charge in [0.15, 0.2) is 12.2 Å². The Morgan fingerprint density at radius 3 is 0.792 bits per heavy atom. The minimum Gasteiger partial charge on any atom is -0.462 e. The second-order valence-electron chi connectivity index (χ2n) is 28.5. The molecule has 0 radical (unpaired) electrons. The summed E-state index contributed by atoms with van der Waals surface area (Å²) < 4.78 is 68.5. The largest absolute Gasteiger partial charge is 0.472 e. The minimum atomic E-state index is -4.96. The summed E-state index contributed by atoms with van der Waals surface area (Å²) in [7, 11) is -9.91. The lowest BCUT2D eigenvalue weighted by molar-refractivity contribution is -0.161. The van der Waals surface area contributed by atoms with Gasteiger partial charge in [-0.2, -0.15) is 0 Å². The predicted octanol–water partition coefficient (Wildman–Crippen LogP) is 22.7. The molecule has 3 unspecified atom stereocenters. The highest BCUT2D eigenvalue weighted by atomic mass is 31.2. The quantitative estimate of drug-likeness (QED) is 0.0222. The van der Waals surface area contributed by atoms with Crippen molar-refractivity contribution in [2.45, 2.75) is 419 Å². The zero-order valence-corrected chi connectivity index (χ0v) is 64.5. The summed E-state index contributed by atoms with van der Waals surface area (Å²) in [5, 5.41) is 10.6. The van der Waals surface area contributed by atoms with Gasteiger partial charge in [-0.15, -0.1) is 0 Å². The molecule has 0 aliphatic heterocycles. The first-order chi connectivity index (χ1) is 46.4. The molecule has 0 fully saturated rings. The molecule has 570 valence electrons. The summed E-state index contributed by atoms with van der Waals surface area (Å²) >= 11 is 0. The van der Waals surface area contributed by atoms with E-state index < -0.39 is 97.5 Å². The topological polar surface area (TPSA) is 237 Å². The van der Waals surface area contributed by atoms with Crippen LogP contribution in [0.4, 0.5) is 0 Å². The van der Waals surface area contributed by atoms with Crippen molar-refractivity contribution in [3.63, 3.8) is 0 Å². The molecule has 17 nitrogen and oxygen atoms in total. The van der Waals surface area contributed by atoms with Gasteiger partial charge in [-0.05, 0) is 37.5 Å². The number of carbonyl (C=O) groups excluding carboxylic acids is 4. The summed E-state index contributed by atoms with van der Waals surface area (Å²) in [6.07, 6.45) is 56.9. The highest BCUT2D eigenvalue weighted by Crippen LogP contribution is 2.45. The third-order valence-corrected chi connectivity index (χ3v) is 20.2. The van der Waals surface area contributed by atoms with Gasteiger partial charge in [-0.1, -0.05) is 350 Å². The summed E-state index contributed by atoms with van der Waals surface area (Å²) in [4.78, 5) is 72.7. The first-order valence-corrected chi connectivity index (χ1v) is 43.0. The predicted molar refractivity (Wildman–Crippen MR) is 391 cm³/mol. The van der Waals surface area contributed by atoms with Crippen molar-refractivity contribution in [1.29, 1.82) is 0 Å². The Morgan fingerprint density at radius 2 is 0.531 bits per heavy atom. The fourth-order valence-corrected chi connectivity index (χ4v) is 13.4. The lowest BCUT2D eigenvalue weighted by atomic mass is 9.99. The SMILES string of the molecule is CCCCCCCCCCCCCCC(=O)O[C@H](COC(=O)CCCCCCCCCC)COP(=O)(O)OC[C@H](O)COP(=O)(O)OC[C@@H](COC(=O)CCCCCCCCCCCCCC(C)C)OC(=O)CCCCCCCCCCCCCCCCCCCCC(C)CC. The van der Waals surface area contributed by atoms with Crippen LogP contribution in [0.2, 0.25) is 0 Å². The third kappa shape index (κ3) is 69.2. The maximum atomic E-state index is 13.1. The Labute approximate surface area is 588 Å². The third-order valence-electron chi connectivity index (χ3n) is 18.3. The van der Waals surface area contributed by atoms with Crippen molar-refractivity contribution >= 4 is 39.5 Å². The highest BCUT2D eigenvalue weighted by molar-refractivity contribution is 7.47. The van der Waals surface area contributed by atoms with Gasteiger partial charge in [-0.25, -0.2) is 9.13 Å². The van der Waals surface area contributed by atoms with E-state index in [1.807, 2.05) is 0 Å². The molecule has 0 heterocycles. The molecule has 0 amide bonds. The van der Waals surface area contributed by atoms with Gasteiger partial charge < -0.3 is 33.8 Å². The van der Waals surface area contributed by atoms with E-state index in [0.29, 0.717) is 25.7 Å². The fourth-order valence-electron chi connectivity index (χ4n) is 11.8. The van der Waals surface area contributed by atoms with E-state index in [1.54, 1.807) is 0 Å². The molecule has 0 aromatic rings. The number of hydrogen-bond acceptors (Lipinski definition) is 15. The number of carbonyl (C=O) groups is 4. The van der Waals surface area contributed by atoms with E-state index in [9.17, 15) is 43.2 Å². The lowest BCUT2D eigenvalue weighted by Crippen LogP contribution is -2.30.